The molecule has 3 amide bonds. The highest BCUT2D eigenvalue weighted by Crippen LogP contribution is 2.38. The van der Waals surface area contributed by atoms with E-state index in [0.29, 0.717) is 22.7 Å². The average Bonchev–Trinajstić information content (AvgIpc) is 3.76. The summed E-state index contributed by atoms with van der Waals surface area (Å²) >= 11 is 5.15. The van der Waals surface area contributed by atoms with Crippen LogP contribution in [0.5, 0.6) is 0 Å². The minimum atomic E-state index is -1.19. The summed E-state index contributed by atoms with van der Waals surface area (Å²) in [4.78, 5) is 41.0. The lowest BCUT2D eigenvalue weighted by Crippen LogP contribution is -2.41. The number of tetrazole rings is 1. The van der Waals surface area contributed by atoms with Gasteiger partial charge in [-0.1, -0.05) is 28.5 Å². The van der Waals surface area contributed by atoms with Gasteiger partial charge in [0.25, 0.3) is 11.8 Å². The van der Waals surface area contributed by atoms with Crippen molar-refractivity contribution in [3.8, 4) is 5.69 Å². The molecule has 4 N–H and O–H groups in total. The summed E-state index contributed by atoms with van der Waals surface area (Å²) in [6.07, 6.45) is 1.48. The third kappa shape index (κ3) is 4.39. The van der Waals surface area contributed by atoms with Crippen molar-refractivity contribution in [1.82, 2.24) is 20.2 Å². The fraction of sp³-hybridized carbons (Fsp3) is 0.214. The van der Waals surface area contributed by atoms with Crippen molar-refractivity contribution in [3.05, 3.63) is 76.6 Å². The van der Waals surface area contributed by atoms with Crippen molar-refractivity contribution < 1.29 is 14.4 Å². The Labute approximate surface area is 239 Å². The Kier molecular flexibility index (Phi) is 6.00. The summed E-state index contributed by atoms with van der Waals surface area (Å²) in [7, 11) is 0. The molecule has 41 heavy (non-hydrogen) atoms. The first kappa shape index (κ1) is 25.0. The smallest absolute Gasteiger partial charge is 0.259 e. The van der Waals surface area contributed by atoms with Crippen molar-refractivity contribution in [1.29, 1.82) is 0 Å². The van der Waals surface area contributed by atoms with Crippen molar-refractivity contribution >= 4 is 58.4 Å². The molecule has 4 aromatic rings. The summed E-state index contributed by atoms with van der Waals surface area (Å²) in [5.41, 5.74) is 6.41. The second kappa shape index (κ2) is 9.86. The zero-order valence-corrected chi connectivity index (χ0v) is 22.6. The molecule has 0 atom stereocenters. The van der Waals surface area contributed by atoms with Crippen LogP contribution in [0.3, 0.4) is 0 Å². The van der Waals surface area contributed by atoms with Gasteiger partial charge in [0.2, 0.25) is 10.7 Å². The highest BCUT2D eigenvalue weighted by Gasteiger charge is 2.48. The molecule has 13 heteroatoms. The highest BCUT2D eigenvalue weighted by molar-refractivity contribution is 7.71. The quantitative estimate of drug-likeness (QED) is 0.206. The van der Waals surface area contributed by atoms with Crippen LogP contribution >= 0.6 is 12.2 Å². The summed E-state index contributed by atoms with van der Waals surface area (Å²) in [6.45, 7) is 1.64. The van der Waals surface area contributed by atoms with Gasteiger partial charge >= 0.3 is 0 Å². The molecule has 0 aliphatic carbocycles. The van der Waals surface area contributed by atoms with Gasteiger partial charge in [0.05, 0.1) is 17.1 Å². The van der Waals surface area contributed by atoms with Gasteiger partial charge < -0.3 is 16.0 Å². The van der Waals surface area contributed by atoms with Crippen LogP contribution in [-0.2, 0) is 27.2 Å². The lowest BCUT2D eigenvalue weighted by molar-refractivity contribution is -0.131. The number of amides is 3. The molecule has 12 nitrogen and oxygen atoms in total. The summed E-state index contributed by atoms with van der Waals surface area (Å²) in [5.74, 6) is -2.57. The lowest BCUT2D eigenvalue weighted by atomic mass is 10.0. The number of carbonyl (C=O) groups is 3. The Morgan fingerprint density at radius 1 is 0.878 bits per heavy atom. The van der Waals surface area contributed by atoms with Crippen molar-refractivity contribution in [3.63, 3.8) is 0 Å². The maximum absolute atomic E-state index is 13.9. The van der Waals surface area contributed by atoms with Gasteiger partial charge in [-0.05, 0) is 78.7 Å². The number of anilines is 5. The molecule has 0 spiro atoms. The number of aromatic amines is 1. The number of nitrogens with zero attached hydrogens (tertiary/aromatic N) is 5. The molecule has 7 rings (SSSR count). The molecule has 1 fully saturated rings. The van der Waals surface area contributed by atoms with Crippen LogP contribution in [0.15, 0.2) is 60.7 Å². The van der Waals surface area contributed by atoms with E-state index in [-0.39, 0.29) is 11.2 Å². The van der Waals surface area contributed by atoms with E-state index in [9.17, 15) is 14.4 Å². The van der Waals surface area contributed by atoms with Crippen LogP contribution in [0.4, 0.5) is 28.4 Å². The van der Waals surface area contributed by atoms with Crippen molar-refractivity contribution in [2.24, 2.45) is 5.92 Å². The predicted octanol–water partition coefficient (Wildman–Crippen LogP) is 3.20. The molecule has 206 valence electrons. The van der Waals surface area contributed by atoms with E-state index in [1.165, 1.54) is 14.7 Å². The number of hydrogen-bond donors (Lipinski definition) is 4. The number of hydrogen-bond acceptors (Lipinski definition) is 8. The van der Waals surface area contributed by atoms with Crippen LogP contribution < -0.4 is 26.0 Å². The minimum Gasteiger partial charge on any atom is -0.384 e. The van der Waals surface area contributed by atoms with Gasteiger partial charge in [-0.25, -0.2) is 14.7 Å². The Bertz CT molecular complexity index is 1710. The number of H-pyrrole nitrogens is 1. The van der Waals surface area contributed by atoms with Crippen LogP contribution in [0.25, 0.3) is 5.69 Å². The SMILES string of the molecule is O=C(CC1C(=O)N(c2ccc3c(c2)NCC3)N(c2ccc3c(c2)NCC3)C1=O)Nc1cccc(-n2[nH]nnc2=S)c1. The zero-order valence-electron chi connectivity index (χ0n) is 21.8. The molecule has 3 aliphatic rings. The first-order chi connectivity index (χ1) is 20.0. The van der Waals surface area contributed by atoms with Gasteiger partial charge in [0, 0.05) is 36.6 Å². The summed E-state index contributed by atoms with van der Waals surface area (Å²) in [6, 6.07) is 18.3. The Hall–Kier alpha value is -5.04. The number of aromatic nitrogens is 4. The highest BCUT2D eigenvalue weighted by atomic mass is 32.1. The van der Waals surface area contributed by atoms with E-state index in [0.717, 1.165) is 48.4 Å². The van der Waals surface area contributed by atoms with Gasteiger partial charge in [-0.15, -0.1) is 0 Å². The fourth-order valence-corrected chi connectivity index (χ4v) is 5.75. The topological polar surface area (TPSA) is 140 Å². The predicted molar refractivity (Wildman–Crippen MR) is 156 cm³/mol. The number of rotatable bonds is 6. The minimum absolute atomic E-state index is 0.235. The van der Waals surface area contributed by atoms with E-state index in [4.69, 9.17) is 12.2 Å². The Morgan fingerprint density at radius 3 is 2.10 bits per heavy atom. The van der Waals surface area contributed by atoms with E-state index < -0.39 is 23.6 Å². The standard InChI is InChI=1S/C28H25N9O3S/c38-25(31-18-2-1-3-19(12-18)35-28(41)32-33-34-35)15-22-26(39)36(20-6-4-16-8-10-29-23(16)13-20)37(27(22)40)21-7-5-17-9-11-30-24(17)14-21/h1-7,12-14,22,29-30H,8-11,15H2,(H,31,38)(H,32,34,41). The normalized spacial score (nSPS) is 16.0. The molecule has 0 bridgehead atoms. The van der Waals surface area contributed by atoms with Gasteiger partial charge in [-0.3, -0.25) is 14.4 Å². The zero-order chi connectivity index (χ0) is 28.1. The fourth-order valence-electron chi connectivity index (χ4n) is 5.56. The van der Waals surface area contributed by atoms with Gasteiger partial charge in [0.1, 0.15) is 5.92 Å². The first-order valence-corrected chi connectivity index (χ1v) is 13.7. The first-order valence-electron chi connectivity index (χ1n) is 13.3. The molecule has 1 aromatic heterocycles. The molecule has 3 aromatic carbocycles. The maximum Gasteiger partial charge on any atom is 0.259 e. The Morgan fingerprint density at radius 2 is 1.51 bits per heavy atom. The average molecular weight is 568 g/mol. The van der Waals surface area contributed by atoms with Crippen LogP contribution in [0, 0.1) is 10.7 Å². The third-order valence-corrected chi connectivity index (χ3v) is 7.82. The van der Waals surface area contributed by atoms with Crippen molar-refractivity contribution in [2.75, 3.05) is 39.1 Å². The van der Waals surface area contributed by atoms with E-state index in [2.05, 4.69) is 31.5 Å². The number of benzene rings is 3. The van der Waals surface area contributed by atoms with E-state index >= 15 is 0 Å². The number of carbonyl (C=O) groups excluding carboxylic acids is 3. The molecular formula is C28H25N9O3S. The van der Waals surface area contributed by atoms with Gasteiger partial charge in [0.15, 0.2) is 0 Å². The van der Waals surface area contributed by atoms with Gasteiger partial charge in [-0.2, -0.15) is 5.21 Å². The Balaban J connectivity index is 1.18. The van der Waals surface area contributed by atoms with Crippen molar-refractivity contribution in [2.45, 2.75) is 19.3 Å². The number of fused-ring (bicyclic) bond motifs is 2. The monoisotopic (exact) mass is 567 g/mol. The second-order valence-corrected chi connectivity index (χ2v) is 10.5. The summed E-state index contributed by atoms with van der Waals surface area (Å²) < 4.78 is 1.72. The van der Waals surface area contributed by atoms with Crippen LogP contribution in [0.2, 0.25) is 0 Å². The van der Waals surface area contributed by atoms with E-state index in [1.807, 2.05) is 36.4 Å². The molecule has 0 saturated carbocycles. The van der Waals surface area contributed by atoms with Crippen LogP contribution in [-0.4, -0.2) is 51.0 Å². The summed E-state index contributed by atoms with van der Waals surface area (Å²) in [5, 5.41) is 22.4. The third-order valence-electron chi connectivity index (χ3n) is 7.56. The molecule has 3 aliphatic heterocycles. The largest absolute Gasteiger partial charge is 0.384 e. The number of hydrazine groups is 1. The number of nitrogens with one attached hydrogen (secondary N) is 4. The molecular weight excluding hydrogens is 542 g/mol. The maximum atomic E-state index is 13.9. The molecule has 0 unspecified atom stereocenters. The lowest BCUT2D eigenvalue weighted by Gasteiger charge is -2.28. The second-order valence-electron chi connectivity index (χ2n) is 10.1. The van der Waals surface area contributed by atoms with E-state index in [1.54, 1.807) is 24.3 Å². The molecule has 1 saturated heterocycles. The molecule has 4 heterocycles. The van der Waals surface area contributed by atoms with Crippen LogP contribution in [0.1, 0.15) is 17.5 Å². The molecule has 0 radical (unpaired) electrons.